The van der Waals surface area contributed by atoms with Crippen molar-refractivity contribution in [1.29, 1.82) is 0 Å². The van der Waals surface area contributed by atoms with E-state index in [-0.39, 0.29) is 22.4 Å². The Morgan fingerprint density at radius 2 is 1.77 bits per heavy atom. The lowest BCUT2D eigenvalue weighted by Crippen LogP contribution is -2.31. The molecule has 7 nitrogen and oxygen atoms in total. The maximum absolute atomic E-state index is 12.5. The molecule has 1 N–H and O–H groups in total. The van der Waals surface area contributed by atoms with Gasteiger partial charge in [-0.15, -0.1) is 10.2 Å². The smallest absolute Gasteiger partial charge is 0.263 e. The van der Waals surface area contributed by atoms with E-state index in [1.165, 1.54) is 0 Å². The number of aryl methyl sites for hydroxylation is 1. The predicted molar refractivity (Wildman–Crippen MR) is 103 cm³/mol. The Morgan fingerprint density at radius 3 is 2.35 bits per heavy atom. The molecule has 0 bridgehead atoms. The van der Waals surface area contributed by atoms with Crippen LogP contribution in [0.15, 0.2) is 29.2 Å². The van der Waals surface area contributed by atoms with Gasteiger partial charge >= 0.3 is 0 Å². The zero-order valence-electron chi connectivity index (χ0n) is 15.2. The van der Waals surface area contributed by atoms with Crippen LogP contribution in [-0.4, -0.2) is 42.5 Å². The molecule has 0 saturated carbocycles. The minimum atomic E-state index is -3.72. The number of sulfonamides is 1. The molecular formula is C17H24N4O3S2. The second-order valence-corrected chi connectivity index (χ2v) is 8.49. The maximum Gasteiger partial charge on any atom is 0.263 e. The first-order chi connectivity index (χ1) is 12.4. The Bertz CT molecular complexity index is 828. The summed E-state index contributed by atoms with van der Waals surface area (Å²) in [4.78, 5) is 14.0. The Morgan fingerprint density at radius 1 is 1.12 bits per heavy atom. The normalized spacial score (nSPS) is 11.3. The van der Waals surface area contributed by atoms with Gasteiger partial charge in [0.2, 0.25) is 11.0 Å². The van der Waals surface area contributed by atoms with Crippen molar-refractivity contribution >= 4 is 32.4 Å². The van der Waals surface area contributed by atoms with E-state index in [4.69, 9.17) is 0 Å². The summed E-state index contributed by atoms with van der Waals surface area (Å²) in [5, 5.41) is 8.40. The number of hydrogen-bond acceptors (Lipinski definition) is 6. The van der Waals surface area contributed by atoms with Crippen LogP contribution in [0.3, 0.4) is 0 Å². The minimum Gasteiger partial charge on any atom is -0.343 e. The van der Waals surface area contributed by atoms with Crippen molar-refractivity contribution in [2.45, 2.75) is 44.9 Å². The van der Waals surface area contributed by atoms with Crippen molar-refractivity contribution in [3.8, 4) is 0 Å². The van der Waals surface area contributed by atoms with Gasteiger partial charge in [-0.2, -0.15) is 0 Å². The van der Waals surface area contributed by atoms with Gasteiger partial charge in [0.1, 0.15) is 5.01 Å². The third-order valence-corrected chi connectivity index (χ3v) is 6.20. The molecule has 0 aliphatic heterocycles. The number of amides is 1. The van der Waals surface area contributed by atoms with Gasteiger partial charge in [-0.1, -0.05) is 36.8 Å². The monoisotopic (exact) mass is 396 g/mol. The van der Waals surface area contributed by atoms with E-state index in [9.17, 15) is 13.2 Å². The van der Waals surface area contributed by atoms with E-state index in [1.807, 2.05) is 26.0 Å². The molecule has 0 saturated heterocycles. The van der Waals surface area contributed by atoms with Crippen molar-refractivity contribution < 1.29 is 13.2 Å². The summed E-state index contributed by atoms with van der Waals surface area (Å²) < 4.78 is 27.3. The topological polar surface area (TPSA) is 92.3 Å². The average Bonchev–Trinajstić information content (AvgIpc) is 3.03. The van der Waals surface area contributed by atoms with Crippen LogP contribution in [0.1, 0.15) is 37.8 Å². The van der Waals surface area contributed by atoms with Crippen molar-refractivity contribution in [2.75, 3.05) is 17.8 Å². The molecule has 1 heterocycles. The largest absolute Gasteiger partial charge is 0.343 e. The minimum absolute atomic E-state index is 0.0490. The van der Waals surface area contributed by atoms with Gasteiger partial charge in [0, 0.05) is 13.1 Å². The molecule has 1 aromatic carbocycles. The molecule has 2 aromatic rings. The second-order valence-electron chi connectivity index (χ2n) is 5.74. The second kappa shape index (κ2) is 9.09. The number of nitrogens with one attached hydrogen (secondary N) is 1. The molecule has 1 aromatic heterocycles. The fourth-order valence-corrected chi connectivity index (χ4v) is 4.44. The Kier molecular flexibility index (Phi) is 7.10. The molecule has 0 atom stereocenters. The number of hydrogen-bond donors (Lipinski definition) is 1. The summed E-state index contributed by atoms with van der Waals surface area (Å²) in [5.41, 5.74) is 1.10. The first kappa shape index (κ1) is 20.3. The highest BCUT2D eigenvalue weighted by molar-refractivity contribution is 7.93. The zero-order chi connectivity index (χ0) is 19.2. The first-order valence-electron chi connectivity index (χ1n) is 8.61. The van der Waals surface area contributed by atoms with E-state index in [2.05, 4.69) is 21.8 Å². The highest BCUT2D eigenvalue weighted by Gasteiger charge is 2.18. The molecule has 2 rings (SSSR count). The summed E-state index contributed by atoms with van der Waals surface area (Å²) in [5.74, 6) is -0.0490. The Labute approximate surface area is 158 Å². The van der Waals surface area contributed by atoms with Crippen molar-refractivity contribution in [3.63, 3.8) is 0 Å². The van der Waals surface area contributed by atoms with Gasteiger partial charge < -0.3 is 4.90 Å². The van der Waals surface area contributed by atoms with Crippen LogP contribution in [-0.2, 0) is 27.7 Å². The van der Waals surface area contributed by atoms with Crippen molar-refractivity contribution in [2.24, 2.45) is 0 Å². The third kappa shape index (κ3) is 5.25. The van der Waals surface area contributed by atoms with Crippen molar-refractivity contribution in [3.05, 3.63) is 34.8 Å². The summed E-state index contributed by atoms with van der Waals surface area (Å²) in [6.07, 6.45) is 2.03. The average molecular weight is 397 g/mol. The molecular weight excluding hydrogens is 372 g/mol. The van der Waals surface area contributed by atoms with Crippen LogP contribution in [0.5, 0.6) is 0 Å². The third-order valence-electron chi connectivity index (χ3n) is 3.88. The van der Waals surface area contributed by atoms with E-state index >= 15 is 0 Å². The number of benzene rings is 1. The number of carbonyl (C=O) groups excluding carboxylic acids is 1. The standard InChI is InChI=1S/C17H24N4O3S2/c1-4-7-13-8-10-14(11-9-13)26(23,24)20-17-19-18-15(25-17)12-16(22)21(5-2)6-3/h8-11H,4-7,12H2,1-3H3,(H,19,20). The van der Waals surface area contributed by atoms with Gasteiger partial charge in [0.25, 0.3) is 10.0 Å². The molecule has 26 heavy (non-hydrogen) atoms. The summed E-state index contributed by atoms with van der Waals surface area (Å²) in [6.45, 7) is 7.15. The van der Waals surface area contributed by atoms with Crippen LogP contribution in [0.25, 0.3) is 0 Å². The van der Waals surface area contributed by atoms with Crippen LogP contribution >= 0.6 is 11.3 Å². The molecule has 0 spiro atoms. The Balaban J connectivity index is 2.06. The van der Waals surface area contributed by atoms with Crippen LogP contribution < -0.4 is 4.72 Å². The summed E-state index contributed by atoms with van der Waals surface area (Å²) in [6, 6.07) is 6.79. The molecule has 0 aliphatic rings. The molecule has 9 heteroatoms. The number of nitrogens with zero attached hydrogens (tertiary/aromatic N) is 3. The predicted octanol–water partition coefficient (Wildman–Crippen LogP) is 2.70. The lowest BCUT2D eigenvalue weighted by atomic mass is 10.1. The highest BCUT2D eigenvalue weighted by atomic mass is 32.2. The van der Waals surface area contributed by atoms with Gasteiger partial charge in [-0.25, -0.2) is 8.42 Å². The number of carbonyl (C=O) groups is 1. The van der Waals surface area contributed by atoms with Gasteiger partial charge in [-0.3, -0.25) is 9.52 Å². The molecule has 1 amide bonds. The number of likely N-dealkylation sites (N-methyl/N-ethyl adjacent to an activating group) is 1. The maximum atomic E-state index is 12.5. The van der Waals surface area contributed by atoms with Crippen LogP contribution in [0.4, 0.5) is 5.13 Å². The SMILES string of the molecule is CCCc1ccc(S(=O)(=O)Nc2nnc(CC(=O)N(CC)CC)s2)cc1. The molecule has 142 valence electrons. The van der Waals surface area contributed by atoms with E-state index in [0.29, 0.717) is 18.1 Å². The van der Waals surface area contributed by atoms with Crippen molar-refractivity contribution in [1.82, 2.24) is 15.1 Å². The number of aromatic nitrogens is 2. The van der Waals surface area contributed by atoms with E-state index in [1.54, 1.807) is 17.0 Å². The molecule has 0 radical (unpaired) electrons. The number of anilines is 1. The lowest BCUT2D eigenvalue weighted by Gasteiger charge is -2.17. The summed E-state index contributed by atoms with van der Waals surface area (Å²) >= 11 is 1.07. The zero-order valence-corrected chi connectivity index (χ0v) is 16.9. The van der Waals surface area contributed by atoms with Gasteiger partial charge in [-0.05, 0) is 38.0 Å². The van der Waals surface area contributed by atoms with E-state index in [0.717, 1.165) is 29.7 Å². The first-order valence-corrected chi connectivity index (χ1v) is 10.9. The molecule has 0 fully saturated rings. The lowest BCUT2D eigenvalue weighted by molar-refractivity contribution is -0.130. The Hall–Kier alpha value is -2.00. The fourth-order valence-electron chi connectivity index (χ4n) is 2.48. The fraction of sp³-hybridized carbons (Fsp3) is 0.471. The van der Waals surface area contributed by atoms with Gasteiger partial charge in [0.05, 0.1) is 11.3 Å². The van der Waals surface area contributed by atoms with Gasteiger partial charge in [0.15, 0.2) is 0 Å². The summed E-state index contributed by atoms with van der Waals surface area (Å²) in [7, 11) is -3.72. The van der Waals surface area contributed by atoms with Crippen LogP contribution in [0, 0.1) is 0 Å². The van der Waals surface area contributed by atoms with Crippen LogP contribution in [0.2, 0.25) is 0 Å². The van der Waals surface area contributed by atoms with E-state index < -0.39 is 10.0 Å². The highest BCUT2D eigenvalue weighted by Crippen LogP contribution is 2.21. The number of rotatable bonds is 9. The molecule has 0 aliphatic carbocycles. The quantitative estimate of drug-likeness (QED) is 0.703. The molecule has 0 unspecified atom stereocenters.